The van der Waals surface area contributed by atoms with Crippen LogP contribution in [0.5, 0.6) is 0 Å². The second-order valence-electron chi connectivity index (χ2n) is 5.34. The third-order valence-electron chi connectivity index (χ3n) is 4.03. The lowest BCUT2D eigenvalue weighted by atomic mass is 10.3. The minimum Gasteiger partial charge on any atom is -0.461 e. The number of hydrogen-bond donors (Lipinski definition) is 0. The summed E-state index contributed by atoms with van der Waals surface area (Å²) in [4.78, 5) is 4.85. The molecule has 3 rings (SSSR count). The zero-order chi connectivity index (χ0) is 14.8. The maximum atomic E-state index is 5.49. The Morgan fingerprint density at radius 1 is 1.24 bits per heavy atom. The van der Waals surface area contributed by atoms with Crippen molar-refractivity contribution in [2.24, 2.45) is 7.05 Å². The first kappa shape index (κ1) is 14.5. The zero-order valence-electron chi connectivity index (χ0n) is 12.5. The lowest BCUT2D eigenvalue weighted by Gasteiger charge is -2.33. The monoisotopic (exact) mass is 307 g/mol. The van der Waals surface area contributed by atoms with Gasteiger partial charge in [-0.1, -0.05) is 6.92 Å². The van der Waals surface area contributed by atoms with E-state index < -0.39 is 0 Å². The molecule has 114 valence electrons. The van der Waals surface area contributed by atoms with Gasteiger partial charge in [0, 0.05) is 33.2 Å². The summed E-state index contributed by atoms with van der Waals surface area (Å²) in [5.41, 5.74) is 0. The van der Waals surface area contributed by atoms with Gasteiger partial charge in [0.05, 0.1) is 12.9 Å². The van der Waals surface area contributed by atoms with Crippen LogP contribution in [-0.4, -0.2) is 56.9 Å². The molecule has 6 nitrogen and oxygen atoms in total. The maximum absolute atomic E-state index is 5.49. The zero-order valence-corrected chi connectivity index (χ0v) is 13.3. The van der Waals surface area contributed by atoms with E-state index in [0.29, 0.717) is 0 Å². The molecular weight excluding hydrogens is 286 g/mol. The van der Waals surface area contributed by atoms with Crippen LogP contribution in [0.1, 0.15) is 6.92 Å². The van der Waals surface area contributed by atoms with E-state index in [1.807, 2.05) is 28.4 Å². The molecule has 0 bridgehead atoms. The maximum Gasteiger partial charge on any atom is 0.199 e. The second kappa shape index (κ2) is 6.13. The fourth-order valence-corrected chi connectivity index (χ4v) is 2.82. The Kier molecular flexibility index (Phi) is 4.23. The van der Waals surface area contributed by atoms with Crippen molar-refractivity contribution in [1.82, 2.24) is 24.1 Å². The molecule has 0 radical (unpaired) electrons. The van der Waals surface area contributed by atoms with Crippen LogP contribution < -0.4 is 0 Å². The van der Waals surface area contributed by atoms with Gasteiger partial charge in [0.15, 0.2) is 16.4 Å². The van der Waals surface area contributed by atoms with Gasteiger partial charge in [-0.15, -0.1) is 5.10 Å². The highest BCUT2D eigenvalue weighted by atomic mass is 32.1. The van der Waals surface area contributed by atoms with Gasteiger partial charge in [-0.25, -0.2) is 4.68 Å². The van der Waals surface area contributed by atoms with Gasteiger partial charge < -0.3 is 13.9 Å². The molecule has 0 amide bonds. The van der Waals surface area contributed by atoms with E-state index in [-0.39, 0.29) is 0 Å². The number of piperazine rings is 1. The molecule has 3 heterocycles. The molecule has 1 aliphatic heterocycles. The Morgan fingerprint density at radius 2 is 1.95 bits per heavy atom. The van der Waals surface area contributed by atoms with Gasteiger partial charge >= 0.3 is 0 Å². The Balaban J connectivity index is 1.75. The first-order valence-corrected chi connectivity index (χ1v) is 7.72. The lowest BCUT2D eigenvalue weighted by molar-refractivity contribution is 0.106. The minimum atomic E-state index is 0.722. The van der Waals surface area contributed by atoms with E-state index in [1.165, 1.54) is 0 Å². The van der Waals surface area contributed by atoms with Crippen molar-refractivity contribution in [3.63, 3.8) is 0 Å². The SMILES string of the molecule is CCN1CCN(Cn2nc(-c3ccco3)n(C)c2=S)CC1. The van der Waals surface area contributed by atoms with Gasteiger partial charge in [-0.05, 0) is 30.9 Å². The van der Waals surface area contributed by atoms with Crippen LogP contribution in [0.4, 0.5) is 0 Å². The predicted octanol–water partition coefficient (Wildman–Crippen LogP) is 1.81. The van der Waals surface area contributed by atoms with E-state index in [1.54, 1.807) is 6.26 Å². The standard InChI is InChI=1S/C14H21N5OS/c1-3-17-6-8-18(9-7-17)11-19-14(21)16(2)13(15-19)12-5-4-10-20-12/h4-5,10H,3,6-9,11H2,1-2H3. The summed E-state index contributed by atoms with van der Waals surface area (Å²) in [5.74, 6) is 1.52. The van der Waals surface area contributed by atoms with Crippen molar-refractivity contribution >= 4 is 12.2 Å². The molecule has 1 saturated heterocycles. The molecule has 0 spiro atoms. The number of nitrogens with zero attached hydrogens (tertiary/aromatic N) is 5. The Labute approximate surface area is 129 Å². The van der Waals surface area contributed by atoms with E-state index in [9.17, 15) is 0 Å². The van der Waals surface area contributed by atoms with E-state index in [2.05, 4.69) is 21.8 Å². The molecule has 21 heavy (non-hydrogen) atoms. The van der Waals surface area contributed by atoms with Crippen molar-refractivity contribution in [3.05, 3.63) is 23.2 Å². The molecule has 1 fully saturated rings. The van der Waals surface area contributed by atoms with Gasteiger partial charge in [0.25, 0.3) is 0 Å². The van der Waals surface area contributed by atoms with Crippen molar-refractivity contribution in [1.29, 1.82) is 0 Å². The minimum absolute atomic E-state index is 0.722. The Hall–Kier alpha value is -1.44. The first-order valence-electron chi connectivity index (χ1n) is 7.31. The van der Waals surface area contributed by atoms with Crippen LogP contribution in [0.2, 0.25) is 0 Å². The average molecular weight is 307 g/mol. The smallest absolute Gasteiger partial charge is 0.199 e. The fourth-order valence-electron chi connectivity index (χ4n) is 2.64. The van der Waals surface area contributed by atoms with E-state index in [0.717, 1.165) is 55.7 Å². The molecule has 1 aliphatic rings. The Morgan fingerprint density at radius 3 is 2.57 bits per heavy atom. The summed E-state index contributed by atoms with van der Waals surface area (Å²) >= 11 is 5.49. The summed E-state index contributed by atoms with van der Waals surface area (Å²) in [7, 11) is 1.93. The van der Waals surface area contributed by atoms with Gasteiger partial charge in [-0.3, -0.25) is 4.90 Å². The van der Waals surface area contributed by atoms with Crippen LogP contribution in [0.15, 0.2) is 22.8 Å². The number of hydrogen-bond acceptors (Lipinski definition) is 5. The third-order valence-corrected chi connectivity index (χ3v) is 4.51. The van der Waals surface area contributed by atoms with E-state index in [4.69, 9.17) is 16.6 Å². The van der Waals surface area contributed by atoms with Crippen LogP contribution in [0, 0.1) is 4.77 Å². The van der Waals surface area contributed by atoms with Gasteiger partial charge in [0.2, 0.25) is 0 Å². The summed E-state index contributed by atoms with van der Waals surface area (Å²) in [6.07, 6.45) is 1.65. The number of rotatable bonds is 4. The highest BCUT2D eigenvalue weighted by molar-refractivity contribution is 7.71. The molecule has 0 aromatic carbocycles. The predicted molar refractivity (Wildman–Crippen MR) is 83.4 cm³/mol. The normalized spacial score (nSPS) is 17.4. The van der Waals surface area contributed by atoms with E-state index >= 15 is 0 Å². The highest BCUT2D eigenvalue weighted by Gasteiger charge is 2.18. The molecule has 7 heteroatoms. The molecule has 2 aromatic rings. The summed E-state index contributed by atoms with van der Waals surface area (Å²) in [6, 6.07) is 3.77. The Bertz CT molecular complexity index is 637. The highest BCUT2D eigenvalue weighted by Crippen LogP contribution is 2.17. The molecule has 0 atom stereocenters. The summed E-state index contributed by atoms with van der Waals surface area (Å²) < 4.78 is 9.93. The first-order chi connectivity index (χ1) is 10.2. The topological polar surface area (TPSA) is 42.4 Å². The third kappa shape index (κ3) is 2.95. The summed E-state index contributed by atoms with van der Waals surface area (Å²) in [5, 5.41) is 4.61. The van der Waals surface area contributed by atoms with Gasteiger partial charge in [-0.2, -0.15) is 0 Å². The van der Waals surface area contributed by atoms with Crippen LogP contribution in [0.3, 0.4) is 0 Å². The van der Waals surface area contributed by atoms with Crippen LogP contribution >= 0.6 is 12.2 Å². The molecule has 0 unspecified atom stereocenters. The molecule has 0 N–H and O–H groups in total. The number of aromatic nitrogens is 3. The average Bonchev–Trinajstić information content (AvgIpc) is 3.12. The molecular formula is C14H21N5OS. The lowest BCUT2D eigenvalue weighted by Crippen LogP contribution is -2.46. The quantitative estimate of drug-likeness (QED) is 0.806. The van der Waals surface area contributed by atoms with Crippen molar-refractivity contribution < 1.29 is 4.42 Å². The van der Waals surface area contributed by atoms with Crippen LogP contribution in [-0.2, 0) is 13.7 Å². The molecule has 0 aliphatic carbocycles. The fraction of sp³-hybridized carbons (Fsp3) is 0.571. The van der Waals surface area contributed by atoms with Crippen molar-refractivity contribution in [2.75, 3.05) is 32.7 Å². The second-order valence-corrected chi connectivity index (χ2v) is 5.70. The molecule has 2 aromatic heterocycles. The largest absolute Gasteiger partial charge is 0.461 e. The van der Waals surface area contributed by atoms with Gasteiger partial charge in [0.1, 0.15) is 0 Å². The molecule has 0 saturated carbocycles. The number of likely N-dealkylation sites (N-methyl/N-ethyl adjacent to an activating group) is 1. The van der Waals surface area contributed by atoms with Crippen molar-refractivity contribution in [2.45, 2.75) is 13.6 Å². The van der Waals surface area contributed by atoms with Crippen molar-refractivity contribution in [3.8, 4) is 11.6 Å². The number of furan rings is 1. The summed E-state index contributed by atoms with van der Waals surface area (Å²) in [6.45, 7) is 8.42. The van der Waals surface area contributed by atoms with Crippen LogP contribution in [0.25, 0.3) is 11.6 Å².